The van der Waals surface area contributed by atoms with Gasteiger partial charge in [-0.05, 0) is 43.0 Å². The summed E-state index contributed by atoms with van der Waals surface area (Å²) in [6.07, 6.45) is 4.34. The normalized spacial score (nSPS) is 14.4. The Morgan fingerprint density at radius 2 is 2.00 bits per heavy atom. The molecule has 8 nitrogen and oxygen atoms in total. The molecule has 0 saturated heterocycles. The minimum absolute atomic E-state index is 0.0846. The van der Waals surface area contributed by atoms with E-state index in [1.165, 1.54) is 5.56 Å². The molecule has 2 aromatic carbocycles. The number of para-hydroxylation sites is 1. The number of ether oxygens (including phenoxy) is 1. The Morgan fingerprint density at radius 1 is 1.17 bits per heavy atom. The van der Waals surface area contributed by atoms with Gasteiger partial charge in [-0.25, -0.2) is 4.98 Å². The van der Waals surface area contributed by atoms with Crippen LogP contribution in [-0.2, 0) is 13.1 Å². The van der Waals surface area contributed by atoms with E-state index in [4.69, 9.17) is 10.5 Å². The van der Waals surface area contributed by atoms with Gasteiger partial charge in [0.05, 0.1) is 19.2 Å². The number of methoxy groups -OCH3 is 1. The molecule has 1 fully saturated rings. The lowest BCUT2D eigenvalue weighted by molar-refractivity contribution is 0.207. The van der Waals surface area contributed by atoms with Crippen molar-refractivity contribution < 1.29 is 9.84 Å². The van der Waals surface area contributed by atoms with Crippen LogP contribution < -0.4 is 21.1 Å². The molecule has 5 N–H and O–H groups in total. The first-order valence-electron chi connectivity index (χ1n) is 12.8. The number of nitrogens with one attached hydrogen (secondary N) is 2. The number of unbranched alkanes of at least 4 members (excludes halogenated alkanes) is 1. The number of aromatic nitrogens is 3. The molecule has 2 heterocycles. The van der Waals surface area contributed by atoms with E-state index >= 15 is 0 Å². The molecule has 0 amide bonds. The fourth-order valence-corrected chi connectivity index (χ4v) is 4.89. The van der Waals surface area contributed by atoms with Gasteiger partial charge in [-0.2, -0.15) is 4.98 Å². The van der Waals surface area contributed by atoms with Crippen molar-refractivity contribution in [1.29, 1.82) is 0 Å². The minimum atomic E-state index is 0.0846. The Kier molecular flexibility index (Phi) is 6.98. The Morgan fingerprint density at radius 3 is 2.75 bits per heavy atom. The van der Waals surface area contributed by atoms with Crippen molar-refractivity contribution in [1.82, 2.24) is 19.9 Å². The predicted octanol–water partition coefficient (Wildman–Crippen LogP) is 4.30. The molecule has 4 aromatic rings. The van der Waals surface area contributed by atoms with E-state index in [1.54, 1.807) is 7.11 Å². The quantitative estimate of drug-likeness (QED) is 0.220. The van der Waals surface area contributed by atoms with E-state index in [-0.39, 0.29) is 18.0 Å². The van der Waals surface area contributed by atoms with Gasteiger partial charge in [-0.15, -0.1) is 0 Å². The van der Waals surface area contributed by atoms with Crippen molar-refractivity contribution in [3.05, 3.63) is 53.6 Å². The summed E-state index contributed by atoms with van der Waals surface area (Å²) in [5.41, 5.74) is 11.4. The molecule has 5 rings (SSSR count). The lowest BCUT2D eigenvalue weighted by Gasteiger charge is -2.16. The highest BCUT2D eigenvalue weighted by molar-refractivity contribution is 6.09. The number of aliphatic hydroxyl groups is 1. The van der Waals surface area contributed by atoms with Crippen LogP contribution in [0.25, 0.3) is 21.9 Å². The molecule has 2 aromatic heterocycles. The zero-order chi connectivity index (χ0) is 25.1. The number of benzene rings is 2. The van der Waals surface area contributed by atoms with E-state index in [0.29, 0.717) is 6.54 Å². The maximum atomic E-state index is 9.61. The van der Waals surface area contributed by atoms with Gasteiger partial charge >= 0.3 is 0 Å². The van der Waals surface area contributed by atoms with Gasteiger partial charge in [0.15, 0.2) is 5.82 Å². The van der Waals surface area contributed by atoms with Crippen molar-refractivity contribution in [2.75, 3.05) is 37.9 Å². The van der Waals surface area contributed by atoms with E-state index < -0.39 is 0 Å². The third-order valence-corrected chi connectivity index (χ3v) is 7.24. The molecule has 0 radical (unpaired) electrons. The topological polar surface area (TPSA) is 110 Å². The number of hydrogen-bond acceptors (Lipinski definition) is 7. The molecule has 190 valence electrons. The van der Waals surface area contributed by atoms with Crippen molar-refractivity contribution in [3.8, 4) is 5.75 Å². The molecule has 0 atom stereocenters. The first-order chi connectivity index (χ1) is 17.6. The number of nitrogens with two attached hydrogens (primary N) is 1. The van der Waals surface area contributed by atoms with E-state index in [9.17, 15) is 5.11 Å². The van der Waals surface area contributed by atoms with Crippen LogP contribution in [0.4, 0.5) is 11.8 Å². The van der Waals surface area contributed by atoms with Crippen LogP contribution in [0, 0.1) is 5.41 Å². The maximum Gasteiger partial charge on any atom is 0.222 e. The summed E-state index contributed by atoms with van der Waals surface area (Å²) >= 11 is 0. The minimum Gasteiger partial charge on any atom is -0.496 e. The number of hydrogen-bond donors (Lipinski definition) is 4. The molecule has 0 spiro atoms. The van der Waals surface area contributed by atoms with Crippen LogP contribution in [0.3, 0.4) is 0 Å². The van der Waals surface area contributed by atoms with Crippen molar-refractivity contribution in [3.63, 3.8) is 0 Å². The molecule has 0 aliphatic heterocycles. The van der Waals surface area contributed by atoms with Gasteiger partial charge in [0.1, 0.15) is 16.8 Å². The van der Waals surface area contributed by atoms with Crippen LogP contribution in [0.1, 0.15) is 43.7 Å². The zero-order valence-corrected chi connectivity index (χ0v) is 21.2. The average molecular weight is 489 g/mol. The van der Waals surface area contributed by atoms with Gasteiger partial charge in [0.2, 0.25) is 5.95 Å². The average Bonchev–Trinajstić information content (AvgIpc) is 3.61. The summed E-state index contributed by atoms with van der Waals surface area (Å²) in [6, 6.07) is 14.6. The second kappa shape index (κ2) is 10.3. The van der Waals surface area contributed by atoms with Crippen LogP contribution in [0.15, 0.2) is 42.5 Å². The number of anilines is 2. The first kappa shape index (κ1) is 24.3. The summed E-state index contributed by atoms with van der Waals surface area (Å²) < 4.78 is 8.02. The molecular formula is C28H36N6O2. The number of nitrogens with zero attached hydrogens (tertiary/aromatic N) is 3. The first-order valence-corrected chi connectivity index (χ1v) is 12.8. The summed E-state index contributed by atoms with van der Waals surface area (Å²) in [5, 5.41) is 17.7. The number of aliphatic hydroxyl groups excluding tert-OH is 1. The Labute approximate surface area is 211 Å². The van der Waals surface area contributed by atoms with Gasteiger partial charge in [0.25, 0.3) is 0 Å². The van der Waals surface area contributed by atoms with E-state index in [2.05, 4.69) is 56.4 Å². The van der Waals surface area contributed by atoms with Crippen molar-refractivity contribution in [2.45, 2.75) is 45.7 Å². The lowest BCUT2D eigenvalue weighted by Crippen LogP contribution is -2.26. The van der Waals surface area contributed by atoms with Crippen LogP contribution in [-0.4, -0.2) is 46.4 Å². The largest absolute Gasteiger partial charge is 0.496 e. The number of rotatable bonds is 12. The molecule has 8 heteroatoms. The summed E-state index contributed by atoms with van der Waals surface area (Å²) in [5.74, 6) is 1.87. The summed E-state index contributed by atoms with van der Waals surface area (Å²) in [4.78, 5) is 9.22. The predicted molar refractivity (Wildman–Crippen MR) is 145 cm³/mol. The van der Waals surface area contributed by atoms with Gasteiger partial charge in [-0.1, -0.05) is 37.6 Å². The van der Waals surface area contributed by atoms with Crippen LogP contribution >= 0.6 is 0 Å². The molecular weight excluding hydrogens is 452 g/mol. The van der Waals surface area contributed by atoms with E-state index in [1.807, 2.05) is 18.2 Å². The second-order valence-corrected chi connectivity index (χ2v) is 9.92. The summed E-state index contributed by atoms with van der Waals surface area (Å²) in [7, 11) is 1.71. The molecule has 1 saturated carbocycles. The zero-order valence-electron chi connectivity index (χ0n) is 21.2. The molecule has 0 bridgehead atoms. The van der Waals surface area contributed by atoms with Crippen molar-refractivity contribution in [2.24, 2.45) is 5.41 Å². The molecule has 1 aliphatic rings. The smallest absolute Gasteiger partial charge is 0.222 e. The second-order valence-electron chi connectivity index (χ2n) is 9.92. The maximum absolute atomic E-state index is 9.61. The molecule has 0 unspecified atom stereocenters. The highest BCUT2D eigenvalue weighted by atomic mass is 16.5. The van der Waals surface area contributed by atoms with Crippen molar-refractivity contribution >= 4 is 33.7 Å². The molecule has 36 heavy (non-hydrogen) atoms. The highest BCUT2D eigenvalue weighted by Crippen LogP contribution is 2.44. The Balaban J connectivity index is 1.52. The standard InChI is InChI=1S/C28H36N6O2/c1-3-4-13-31-26-25-24(32-27(29)33-26)21-7-5-6-8-22(21)34(25)16-20-14-19(9-10-23(20)36-2)15-30-17-28(18-35)11-12-28/h5-10,14,30,35H,3-4,11-13,15-18H2,1-2H3,(H3,29,31,32,33). The number of nitrogen functional groups attached to an aromatic ring is 1. The third kappa shape index (κ3) is 4.83. The van der Waals surface area contributed by atoms with Gasteiger partial charge < -0.3 is 30.8 Å². The fourth-order valence-electron chi connectivity index (χ4n) is 4.89. The SMILES string of the molecule is CCCCNc1nc(N)nc2c3ccccc3n(Cc3cc(CNCC4(CO)CC4)ccc3OC)c12. The number of fused-ring (bicyclic) bond motifs is 3. The van der Waals surface area contributed by atoms with Crippen LogP contribution in [0.2, 0.25) is 0 Å². The monoisotopic (exact) mass is 488 g/mol. The highest BCUT2D eigenvalue weighted by Gasteiger charge is 2.41. The Hall–Kier alpha value is -3.36. The third-order valence-electron chi connectivity index (χ3n) is 7.24. The lowest BCUT2D eigenvalue weighted by atomic mass is 10.1. The fraction of sp³-hybridized carbons (Fsp3) is 0.429. The van der Waals surface area contributed by atoms with Gasteiger partial charge in [0, 0.05) is 42.6 Å². The summed E-state index contributed by atoms with van der Waals surface area (Å²) in [6.45, 7) is 5.44. The Bertz CT molecular complexity index is 1360. The van der Waals surface area contributed by atoms with Crippen LogP contribution in [0.5, 0.6) is 5.75 Å². The molecule has 1 aliphatic carbocycles. The van der Waals surface area contributed by atoms with E-state index in [0.717, 1.165) is 84.4 Å². The van der Waals surface area contributed by atoms with Gasteiger partial charge in [-0.3, -0.25) is 0 Å².